The van der Waals surface area contributed by atoms with Gasteiger partial charge in [0.05, 0.1) is 29.9 Å². The maximum atomic E-state index is 14.4. The highest BCUT2D eigenvalue weighted by Crippen LogP contribution is 2.60. The summed E-state index contributed by atoms with van der Waals surface area (Å²) in [6.45, 7) is 5.06. The van der Waals surface area contributed by atoms with Gasteiger partial charge in [-0.15, -0.1) is 0 Å². The summed E-state index contributed by atoms with van der Waals surface area (Å²) in [5, 5.41) is 24.6. The molecule has 1 fully saturated rings. The number of anilines is 1. The van der Waals surface area contributed by atoms with Gasteiger partial charge in [0, 0.05) is 4.92 Å². The molecule has 0 bridgehead atoms. The second-order valence-corrected chi connectivity index (χ2v) is 10.5. The zero-order chi connectivity index (χ0) is 26.5. The van der Waals surface area contributed by atoms with Crippen LogP contribution in [-0.2, 0) is 14.9 Å². The van der Waals surface area contributed by atoms with E-state index in [-0.39, 0.29) is 12.1 Å². The van der Waals surface area contributed by atoms with Crippen LogP contribution in [0.4, 0.5) is 10.5 Å². The van der Waals surface area contributed by atoms with Crippen molar-refractivity contribution in [3.63, 3.8) is 0 Å². The van der Waals surface area contributed by atoms with E-state index in [9.17, 15) is 24.8 Å². The third kappa shape index (κ3) is 3.81. The largest absolute Gasteiger partial charge is 0.469 e. The van der Waals surface area contributed by atoms with E-state index >= 15 is 0 Å². The first-order valence-electron chi connectivity index (χ1n) is 12.1. The van der Waals surface area contributed by atoms with E-state index in [1.165, 1.54) is 6.26 Å². The molecule has 1 aliphatic carbocycles. The normalized spacial score (nSPS) is 27.2. The molecule has 0 unspecified atom stereocenters. The third-order valence-electron chi connectivity index (χ3n) is 7.28. The lowest BCUT2D eigenvalue weighted by Gasteiger charge is -2.47. The molecule has 2 aliphatic rings. The number of nitrogens with zero attached hydrogens (tertiary/aromatic N) is 2. The van der Waals surface area contributed by atoms with Crippen LogP contribution in [0, 0.1) is 10.1 Å². The fourth-order valence-electron chi connectivity index (χ4n) is 5.99. The van der Waals surface area contributed by atoms with Gasteiger partial charge in [-0.2, -0.15) is 0 Å². The Labute approximate surface area is 213 Å². The van der Waals surface area contributed by atoms with Gasteiger partial charge in [0.1, 0.15) is 16.8 Å². The van der Waals surface area contributed by atoms with Crippen LogP contribution in [0.2, 0.25) is 0 Å². The molecule has 3 aromatic rings. The molecule has 2 aromatic carbocycles. The Morgan fingerprint density at radius 1 is 1.11 bits per heavy atom. The summed E-state index contributed by atoms with van der Waals surface area (Å²) in [5.41, 5.74) is -1.57. The van der Waals surface area contributed by atoms with Crippen molar-refractivity contribution in [2.75, 3.05) is 4.90 Å². The number of benzene rings is 2. The van der Waals surface area contributed by atoms with Crippen LogP contribution in [0.25, 0.3) is 0 Å². The second kappa shape index (κ2) is 8.85. The molecule has 192 valence electrons. The van der Waals surface area contributed by atoms with Gasteiger partial charge in [-0.05, 0) is 56.5 Å². The zero-order valence-corrected chi connectivity index (χ0v) is 20.7. The first-order chi connectivity index (χ1) is 17.6. The smallest absolute Gasteiger partial charge is 0.421 e. The van der Waals surface area contributed by atoms with Gasteiger partial charge in [-0.1, -0.05) is 48.5 Å². The molecule has 2 amide bonds. The summed E-state index contributed by atoms with van der Waals surface area (Å²) in [5.74, 6) is -2.29. The van der Waals surface area contributed by atoms with E-state index in [2.05, 4.69) is 0 Å². The van der Waals surface area contributed by atoms with E-state index in [0.29, 0.717) is 16.9 Å². The molecule has 5 rings (SSSR count). The highest BCUT2D eigenvalue weighted by Gasteiger charge is 2.70. The van der Waals surface area contributed by atoms with Gasteiger partial charge in [0.15, 0.2) is 0 Å². The number of ether oxygens (including phenoxy) is 1. The van der Waals surface area contributed by atoms with Crippen molar-refractivity contribution < 1.29 is 28.8 Å². The van der Waals surface area contributed by atoms with Gasteiger partial charge in [0.25, 0.3) is 5.91 Å². The van der Waals surface area contributed by atoms with E-state index in [0.717, 1.165) is 4.90 Å². The maximum Gasteiger partial charge on any atom is 0.421 e. The number of furan rings is 1. The number of hydrogen-bond acceptors (Lipinski definition) is 7. The second-order valence-electron chi connectivity index (χ2n) is 10.5. The fourth-order valence-corrected chi connectivity index (χ4v) is 5.99. The lowest BCUT2D eigenvalue weighted by molar-refractivity contribution is -0.537. The average molecular weight is 505 g/mol. The van der Waals surface area contributed by atoms with Crippen LogP contribution in [0.1, 0.15) is 55.9 Å². The molecule has 1 N–H and O–H groups in total. The molecule has 0 radical (unpaired) electrons. The Morgan fingerprint density at radius 3 is 2.41 bits per heavy atom. The minimum absolute atomic E-state index is 0.106. The number of nitro groups is 1. The standard InChI is InChI=1S/C28H28N2O7/c1-27(2,3)37-26(33)29-20-13-8-7-12-19(20)28(25(29)32)22(31)16-18(21-14-9-15-36-21)24(30(34)35)23(28)17-10-5-4-6-11-17/h4-15,18,22-24,31H,16H2,1-3H3/t18-,22+,23-,24+,28+/m0/s1. The van der Waals surface area contributed by atoms with Crippen LogP contribution in [0.3, 0.4) is 0 Å². The fraction of sp³-hybridized carbons (Fsp3) is 0.357. The average Bonchev–Trinajstić information content (AvgIpc) is 3.46. The molecule has 9 heteroatoms. The quantitative estimate of drug-likeness (QED) is 0.402. The summed E-state index contributed by atoms with van der Waals surface area (Å²) >= 11 is 0. The van der Waals surface area contributed by atoms with Crippen LogP contribution >= 0.6 is 0 Å². The van der Waals surface area contributed by atoms with Gasteiger partial charge >= 0.3 is 6.09 Å². The number of fused-ring (bicyclic) bond motifs is 2. The molecular weight excluding hydrogens is 476 g/mol. The number of rotatable bonds is 3. The predicted molar refractivity (Wildman–Crippen MR) is 134 cm³/mol. The topological polar surface area (TPSA) is 123 Å². The minimum atomic E-state index is -1.80. The maximum absolute atomic E-state index is 14.4. The summed E-state index contributed by atoms with van der Waals surface area (Å²) in [6.07, 6.45) is -0.928. The van der Waals surface area contributed by atoms with Crippen molar-refractivity contribution in [2.24, 2.45) is 0 Å². The molecule has 1 aliphatic heterocycles. The monoisotopic (exact) mass is 504 g/mol. The third-order valence-corrected chi connectivity index (χ3v) is 7.28. The predicted octanol–water partition coefficient (Wildman–Crippen LogP) is 4.78. The number of aliphatic hydroxyl groups is 1. The van der Waals surface area contributed by atoms with Crippen molar-refractivity contribution in [1.82, 2.24) is 0 Å². The first-order valence-corrected chi connectivity index (χ1v) is 12.1. The van der Waals surface area contributed by atoms with Gasteiger partial charge in [0.2, 0.25) is 6.04 Å². The van der Waals surface area contributed by atoms with Crippen molar-refractivity contribution in [3.05, 3.63) is 100.0 Å². The van der Waals surface area contributed by atoms with Gasteiger partial charge in [-0.25, -0.2) is 9.69 Å². The Kier molecular flexibility index (Phi) is 5.91. The molecule has 1 saturated carbocycles. The molecule has 9 nitrogen and oxygen atoms in total. The van der Waals surface area contributed by atoms with Crippen LogP contribution in [0.15, 0.2) is 77.4 Å². The van der Waals surface area contributed by atoms with Crippen LogP contribution in [-0.4, -0.2) is 39.8 Å². The van der Waals surface area contributed by atoms with Crippen LogP contribution < -0.4 is 4.90 Å². The number of hydrogen-bond donors (Lipinski definition) is 1. The molecule has 1 spiro atoms. The van der Waals surface area contributed by atoms with E-state index < -0.39 is 51.9 Å². The van der Waals surface area contributed by atoms with Crippen molar-refractivity contribution in [1.29, 1.82) is 0 Å². The Morgan fingerprint density at radius 2 is 1.78 bits per heavy atom. The number of imide groups is 1. The molecule has 1 aromatic heterocycles. The van der Waals surface area contributed by atoms with Gasteiger partial charge in [-0.3, -0.25) is 14.9 Å². The Hall–Kier alpha value is -3.98. The summed E-state index contributed by atoms with van der Waals surface area (Å²) in [7, 11) is 0. The van der Waals surface area contributed by atoms with Gasteiger partial charge < -0.3 is 14.3 Å². The molecule has 37 heavy (non-hydrogen) atoms. The van der Waals surface area contributed by atoms with Crippen molar-refractivity contribution >= 4 is 17.7 Å². The molecule has 0 saturated heterocycles. The molecular formula is C28H28N2O7. The highest BCUT2D eigenvalue weighted by atomic mass is 16.6. The molecule has 5 atom stereocenters. The Balaban J connectivity index is 1.77. The van der Waals surface area contributed by atoms with Crippen molar-refractivity contribution in [3.8, 4) is 0 Å². The van der Waals surface area contributed by atoms with Crippen molar-refractivity contribution in [2.45, 2.75) is 62.2 Å². The number of amides is 2. The van der Waals surface area contributed by atoms with E-state index in [4.69, 9.17) is 9.15 Å². The number of carbonyl (C=O) groups is 2. The summed E-state index contributed by atoms with van der Waals surface area (Å²) in [4.78, 5) is 41.1. The van der Waals surface area contributed by atoms with Crippen LogP contribution in [0.5, 0.6) is 0 Å². The first kappa shape index (κ1) is 24.7. The zero-order valence-electron chi connectivity index (χ0n) is 20.7. The number of aliphatic hydroxyl groups excluding tert-OH is 1. The minimum Gasteiger partial charge on any atom is -0.469 e. The summed E-state index contributed by atoms with van der Waals surface area (Å²) in [6, 6.07) is 17.3. The number of para-hydroxylation sites is 1. The number of carbonyl (C=O) groups excluding carboxylic acids is 2. The summed E-state index contributed by atoms with van der Waals surface area (Å²) < 4.78 is 11.1. The SMILES string of the molecule is CC(C)(C)OC(=O)N1C(=O)[C@]2(c3ccccc31)[C@H](O)C[C@@H](c1ccco1)[C@@H]([N+](=O)[O-])[C@@H]2c1ccccc1. The lowest BCUT2D eigenvalue weighted by Crippen LogP contribution is -2.62. The lowest BCUT2D eigenvalue weighted by atomic mass is 9.54. The molecule has 2 heterocycles. The Bertz CT molecular complexity index is 1330. The van der Waals surface area contributed by atoms with E-state index in [1.807, 2.05) is 0 Å². The van der Waals surface area contributed by atoms with E-state index in [1.54, 1.807) is 87.5 Å². The highest BCUT2D eigenvalue weighted by molar-refractivity contribution is 6.22.